The molecule has 0 radical (unpaired) electrons. The van der Waals surface area contributed by atoms with Crippen molar-refractivity contribution < 1.29 is 9.78 Å². The molecule has 2 atom stereocenters. The van der Waals surface area contributed by atoms with Gasteiger partial charge in [0.05, 0.1) is 12.4 Å². The Bertz CT molecular complexity index is 173. The molecule has 2 heterocycles. The molecular weight excluding hydrogens is 146 g/mol. The van der Waals surface area contributed by atoms with Crippen molar-refractivity contribution in [2.45, 2.75) is 12.2 Å². The van der Waals surface area contributed by atoms with E-state index in [1.54, 1.807) is 6.34 Å². The van der Waals surface area contributed by atoms with E-state index in [-0.39, 0.29) is 12.2 Å². The quantitative estimate of drug-likeness (QED) is 0.466. The summed E-state index contributed by atoms with van der Waals surface area (Å²) in [6, 6.07) is 0.238. The molecule has 5 heteroatoms. The van der Waals surface area contributed by atoms with Gasteiger partial charge < -0.3 is 5.32 Å². The second-order valence-electron chi connectivity index (χ2n) is 2.75. The summed E-state index contributed by atoms with van der Waals surface area (Å²) < 4.78 is 0. The van der Waals surface area contributed by atoms with E-state index >= 15 is 0 Å². The Kier molecular flexibility index (Phi) is 1.77. The third kappa shape index (κ3) is 1.22. The molecule has 0 aliphatic carbocycles. The Hall–Kier alpha value is -0.650. The van der Waals surface area contributed by atoms with Crippen LogP contribution in [0.2, 0.25) is 0 Å². The Balaban J connectivity index is 2.08. The lowest BCUT2D eigenvalue weighted by Crippen LogP contribution is -2.42. The molecule has 0 aromatic rings. The second-order valence-corrected chi connectivity index (χ2v) is 2.75. The van der Waals surface area contributed by atoms with Crippen LogP contribution in [0.1, 0.15) is 0 Å². The highest BCUT2D eigenvalue weighted by atomic mass is 17.2. The molecule has 1 saturated heterocycles. The summed E-state index contributed by atoms with van der Waals surface area (Å²) in [7, 11) is 1.96. The van der Waals surface area contributed by atoms with Crippen molar-refractivity contribution in [1.29, 1.82) is 0 Å². The summed E-state index contributed by atoms with van der Waals surface area (Å²) >= 11 is 0. The number of rotatable bonds is 0. The minimum Gasteiger partial charge on any atom is -0.368 e. The van der Waals surface area contributed by atoms with Gasteiger partial charge in [0, 0.05) is 0 Å². The maximum absolute atomic E-state index is 4.89. The molecular formula is C6H11N3O2. The van der Waals surface area contributed by atoms with Crippen molar-refractivity contribution in [2.24, 2.45) is 4.99 Å². The molecule has 2 aliphatic heterocycles. The highest BCUT2D eigenvalue weighted by Crippen LogP contribution is 2.12. The summed E-state index contributed by atoms with van der Waals surface area (Å²) in [6.07, 6.45) is 1.89. The van der Waals surface area contributed by atoms with Gasteiger partial charge in [0.25, 0.3) is 0 Å². The maximum atomic E-state index is 4.89. The number of nitrogens with one attached hydrogen (secondary N) is 1. The second kappa shape index (κ2) is 2.77. The average molecular weight is 157 g/mol. The molecule has 11 heavy (non-hydrogen) atoms. The molecule has 2 rings (SSSR count). The standard InChI is InChI=1S/C6H11N3O2/c1-9-4-11-10-2-5-6(9)8-3-7-5/h3,5-6H,2,4H2,1H3,(H,7,8). The van der Waals surface area contributed by atoms with Crippen LogP contribution in [-0.2, 0) is 9.78 Å². The van der Waals surface area contributed by atoms with Crippen LogP contribution in [0.15, 0.2) is 4.99 Å². The molecule has 0 saturated carbocycles. The van der Waals surface area contributed by atoms with Gasteiger partial charge in [0.2, 0.25) is 0 Å². The minimum absolute atomic E-state index is 0.164. The third-order valence-electron chi connectivity index (χ3n) is 1.91. The number of nitrogens with zero attached hydrogens (tertiary/aromatic N) is 2. The van der Waals surface area contributed by atoms with Crippen LogP contribution in [-0.4, -0.2) is 43.8 Å². The summed E-state index contributed by atoms with van der Waals surface area (Å²) in [5.74, 6) is 0. The van der Waals surface area contributed by atoms with Gasteiger partial charge in [-0.1, -0.05) is 0 Å². The number of hydrogen-bond acceptors (Lipinski definition) is 5. The summed E-state index contributed by atoms with van der Waals surface area (Å²) in [5.41, 5.74) is 0. The van der Waals surface area contributed by atoms with Crippen LogP contribution in [0.3, 0.4) is 0 Å². The van der Waals surface area contributed by atoms with E-state index in [4.69, 9.17) is 9.78 Å². The van der Waals surface area contributed by atoms with E-state index in [0.717, 1.165) is 0 Å². The first kappa shape index (κ1) is 7.02. The normalized spacial score (nSPS) is 37.9. The molecule has 0 aromatic heterocycles. The number of hydrogen-bond donors (Lipinski definition) is 1. The molecule has 1 N–H and O–H groups in total. The molecule has 62 valence electrons. The fourth-order valence-electron chi connectivity index (χ4n) is 1.28. The molecule has 2 aliphatic rings. The van der Waals surface area contributed by atoms with Gasteiger partial charge in [0.1, 0.15) is 19.5 Å². The van der Waals surface area contributed by atoms with Gasteiger partial charge in [0.15, 0.2) is 0 Å². The first-order valence-electron chi connectivity index (χ1n) is 3.60. The highest BCUT2D eigenvalue weighted by Gasteiger charge is 2.30. The zero-order valence-corrected chi connectivity index (χ0v) is 6.36. The van der Waals surface area contributed by atoms with Crippen LogP contribution in [0.4, 0.5) is 0 Å². The van der Waals surface area contributed by atoms with Gasteiger partial charge in [-0.3, -0.25) is 9.89 Å². The van der Waals surface area contributed by atoms with Crippen LogP contribution in [0.25, 0.3) is 0 Å². The molecule has 2 unspecified atom stereocenters. The predicted octanol–water partition coefficient (Wildman–Crippen LogP) is -0.836. The lowest BCUT2D eigenvalue weighted by Gasteiger charge is -2.20. The third-order valence-corrected chi connectivity index (χ3v) is 1.91. The van der Waals surface area contributed by atoms with Gasteiger partial charge >= 0.3 is 0 Å². The summed E-state index contributed by atoms with van der Waals surface area (Å²) in [5, 5.41) is 3.09. The van der Waals surface area contributed by atoms with Crippen molar-refractivity contribution in [3.8, 4) is 0 Å². The Labute approximate surface area is 64.9 Å². The largest absolute Gasteiger partial charge is 0.368 e. The van der Waals surface area contributed by atoms with Gasteiger partial charge in [-0.05, 0) is 7.05 Å². The topological polar surface area (TPSA) is 46.1 Å². The zero-order chi connectivity index (χ0) is 7.68. The van der Waals surface area contributed by atoms with Crippen LogP contribution in [0, 0.1) is 0 Å². The smallest absolute Gasteiger partial charge is 0.136 e. The van der Waals surface area contributed by atoms with E-state index in [9.17, 15) is 0 Å². The first-order chi connectivity index (χ1) is 5.38. The molecule has 0 spiro atoms. The highest BCUT2D eigenvalue weighted by molar-refractivity contribution is 5.58. The Morgan fingerprint density at radius 3 is 3.45 bits per heavy atom. The van der Waals surface area contributed by atoms with Crippen LogP contribution in [0.5, 0.6) is 0 Å². The lowest BCUT2D eigenvalue weighted by molar-refractivity contribution is -0.303. The van der Waals surface area contributed by atoms with E-state index in [1.165, 1.54) is 0 Å². The molecule has 5 nitrogen and oxygen atoms in total. The van der Waals surface area contributed by atoms with Crippen LogP contribution >= 0.6 is 0 Å². The number of aliphatic imine (C=N–C) groups is 1. The molecule has 0 bridgehead atoms. The molecule has 1 fully saturated rings. The SMILES string of the molecule is CN1COOCC2NC=NC21. The lowest BCUT2D eigenvalue weighted by atomic mass is 10.2. The van der Waals surface area contributed by atoms with Gasteiger partial charge in [-0.2, -0.15) is 0 Å². The number of fused-ring (bicyclic) bond motifs is 1. The Morgan fingerprint density at radius 1 is 1.64 bits per heavy atom. The van der Waals surface area contributed by atoms with Crippen molar-refractivity contribution >= 4 is 6.34 Å². The average Bonchev–Trinajstić information content (AvgIpc) is 2.40. The molecule has 0 aromatic carbocycles. The Morgan fingerprint density at radius 2 is 2.55 bits per heavy atom. The first-order valence-corrected chi connectivity index (χ1v) is 3.60. The van der Waals surface area contributed by atoms with Gasteiger partial charge in [-0.25, -0.2) is 9.78 Å². The van der Waals surface area contributed by atoms with Crippen molar-refractivity contribution in [2.75, 3.05) is 20.4 Å². The predicted molar refractivity (Wildman–Crippen MR) is 38.9 cm³/mol. The van der Waals surface area contributed by atoms with Crippen molar-refractivity contribution in [3.63, 3.8) is 0 Å². The summed E-state index contributed by atoms with van der Waals surface area (Å²) in [4.78, 5) is 16.0. The van der Waals surface area contributed by atoms with E-state index in [0.29, 0.717) is 13.3 Å². The van der Waals surface area contributed by atoms with Crippen molar-refractivity contribution in [3.05, 3.63) is 0 Å². The monoisotopic (exact) mass is 157 g/mol. The van der Waals surface area contributed by atoms with E-state index in [2.05, 4.69) is 10.3 Å². The fraction of sp³-hybridized carbons (Fsp3) is 0.833. The number of likely N-dealkylation sites (N-methyl/N-ethyl adjacent to an activating group) is 1. The summed E-state index contributed by atoms with van der Waals surface area (Å²) in [6.45, 7) is 1.02. The fourth-order valence-corrected chi connectivity index (χ4v) is 1.28. The van der Waals surface area contributed by atoms with Crippen molar-refractivity contribution in [1.82, 2.24) is 10.2 Å². The van der Waals surface area contributed by atoms with Crippen LogP contribution < -0.4 is 5.32 Å². The van der Waals surface area contributed by atoms with Gasteiger partial charge in [-0.15, -0.1) is 0 Å². The minimum atomic E-state index is 0.164. The maximum Gasteiger partial charge on any atom is 0.136 e. The van der Waals surface area contributed by atoms with E-state index in [1.807, 2.05) is 11.9 Å². The zero-order valence-electron chi connectivity index (χ0n) is 6.36. The van der Waals surface area contributed by atoms with E-state index < -0.39 is 0 Å². The molecule has 0 amide bonds.